The predicted molar refractivity (Wildman–Crippen MR) is 67.2 cm³/mol. The molecule has 0 amide bonds. The molecule has 0 radical (unpaired) electrons. The smallest absolute Gasteiger partial charge is 0.122 e. The number of phenolic OH excluding ortho intramolecular Hbond substituents is 1. The summed E-state index contributed by atoms with van der Waals surface area (Å²) in [5.41, 5.74) is 0.898. The van der Waals surface area contributed by atoms with E-state index in [1.807, 2.05) is 24.3 Å². The predicted octanol–water partition coefficient (Wildman–Crippen LogP) is 2.21. The second kappa shape index (κ2) is 4.35. The van der Waals surface area contributed by atoms with Crippen LogP contribution < -0.4 is 5.32 Å². The van der Waals surface area contributed by atoms with E-state index in [-0.39, 0.29) is 6.10 Å². The molecule has 0 aliphatic carbocycles. The summed E-state index contributed by atoms with van der Waals surface area (Å²) >= 11 is 0. The standard InChI is InChI=1S/C14H15NO2/c16-12-6-5-10-3-1-2-4-11(10)14(12)13-9-15-7-8-17-13/h1-6,13,15-16H,7-9H2. The maximum absolute atomic E-state index is 10.1. The summed E-state index contributed by atoms with van der Waals surface area (Å²) < 4.78 is 5.73. The SMILES string of the molecule is Oc1ccc2ccccc2c1C1CNCCO1. The van der Waals surface area contributed by atoms with Crippen LogP contribution in [0.25, 0.3) is 10.8 Å². The Bertz CT molecular complexity index is 533. The Morgan fingerprint density at radius 2 is 2.06 bits per heavy atom. The summed E-state index contributed by atoms with van der Waals surface area (Å²) in [6.45, 7) is 2.32. The molecule has 88 valence electrons. The number of hydrogen-bond acceptors (Lipinski definition) is 3. The van der Waals surface area contributed by atoms with Crippen molar-refractivity contribution in [3.05, 3.63) is 42.0 Å². The average Bonchev–Trinajstić information content (AvgIpc) is 2.39. The minimum absolute atomic E-state index is 0.0603. The lowest BCUT2D eigenvalue weighted by Gasteiger charge is -2.25. The minimum Gasteiger partial charge on any atom is -0.508 e. The number of aromatic hydroxyl groups is 1. The number of phenols is 1. The monoisotopic (exact) mass is 229 g/mol. The van der Waals surface area contributed by atoms with E-state index in [1.54, 1.807) is 6.07 Å². The molecule has 1 saturated heterocycles. The first-order valence-electron chi connectivity index (χ1n) is 5.89. The van der Waals surface area contributed by atoms with E-state index < -0.39 is 0 Å². The van der Waals surface area contributed by atoms with Crippen molar-refractivity contribution in [2.45, 2.75) is 6.10 Å². The molecule has 3 rings (SSSR count). The van der Waals surface area contributed by atoms with Crippen molar-refractivity contribution in [2.75, 3.05) is 19.7 Å². The highest BCUT2D eigenvalue weighted by atomic mass is 16.5. The molecule has 0 bridgehead atoms. The van der Waals surface area contributed by atoms with E-state index in [9.17, 15) is 5.11 Å². The fourth-order valence-corrected chi connectivity index (χ4v) is 2.37. The van der Waals surface area contributed by atoms with E-state index >= 15 is 0 Å². The minimum atomic E-state index is -0.0603. The lowest BCUT2D eigenvalue weighted by atomic mass is 9.98. The van der Waals surface area contributed by atoms with Gasteiger partial charge in [0.05, 0.1) is 12.7 Å². The van der Waals surface area contributed by atoms with Crippen LogP contribution in [0.4, 0.5) is 0 Å². The number of hydrogen-bond donors (Lipinski definition) is 2. The van der Waals surface area contributed by atoms with Crippen LogP contribution in [-0.4, -0.2) is 24.8 Å². The van der Waals surface area contributed by atoms with Crippen molar-refractivity contribution in [2.24, 2.45) is 0 Å². The number of morpholine rings is 1. The van der Waals surface area contributed by atoms with Crippen LogP contribution in [0.15, 0.2) is 36.4 Å². The topological polar surface area (TPSA) is 41.5 Å². The zero-order valence-electron chi connectivity index (χ0n) is 9.52. The first kappa shape index (κ1) is 10.6. The van der Waals surface area contributed by atoms with Crippen molar-refractivity contribution >= 4 is 10.8 Å². The Morgan fingerprint density at radius 1 is 1.18 bits per heavy atom. The Kier molecular flexibility index (Phi) is 2.71. The van der Waals surface area contributed by atoms with Gasteiger partial charge < -0.3 is 15.2 Å². The van der Waals surface area contributed by atoms with Gasteiger partial charge in [-0.25, -0.2) is 0 Å². The third kappa shape index (κ3) is 1.88. The van der Waals surface area contributed by atoms with Crippen molar-refractivity contribution in [1.29, 1.82) is 0 Å². The van der Waals surface area contributed by atoms with Crippen LogP contribution in [0.2, 0.25) is 0 Å². The van der Waals surface area contributed by atoms with Crippen LogP contribution in [0.5, 0.6) is 5.75 Å². The summed E-state index contributed by atoms with van der Waals surface area (Å²) in [7, 11) is 0. The molecule has 1 atom stereocenters. The second-order valence-corrected chi connectivity index (χ2v) is 4.28. The molecule has 3 nitrogen and oxygen atoms in total. The third-order valence-corrected chi connectivity index (χ3v) is 3.20. The van der Waals surface area contributed by atoms with Gasteiger partial charge in [0, 0.05) is 18.7 Å². The summed E-state index contributed by atoms with van der Waals surface area (Å²) in [6, 6.07) is 11.8. The lowest BCUT2D eigenvalue weighted by Crippen LogP contribution is -2.33. The number of nitrogens with one attached hydrogen (secondary N) is 1. The van der Waals surface area contributed by atoms with Crippen molar-refractivity contribution in [3.8, 4) is 5.75 Å². The molecule has 3 heteroatoms. The summed E-state index contributed by atoms with van der Waals surface area (Å²) in [4.78, 5) is 0. The summed E-state index contributed by atoms with van der Waals surface area (Å²) in [5.74, 6) is 0.317. The first-order chi connectivity index (χ1) is 8.36. The molecule has 17 heavy (non-hydrogen) atoms. The van der Waals surface area contributed by atoms with Gasteiger partial charge in [-0.2, -0.15) is 0 Å². The number of ether oxygens (including phenoxy) is 1. The molecular formula is C14H15NO2. The van der Waals surface area contributed by atoms with Gasteiger partial charge in [-0.05, 0) is 16.8 Å². The van der Waals surface area contributed by atoms with Crippen LogP contribution in [0.1, 0.15) is 11.7 Å². The quantitative estimate of drug-likeness (QED) is 0.787. The Labute approximate surface area is 100 Å². The lowest BCUT2D eigenvalue weighted by molar-refractivity contribution is 0.0273. The second-order valence-electron chi connectivity index (χ2n) is 4.28. The number of rotatable bonds is 1. The molecule has 2 aromatic rings. The zero-order chi connectivity index (χ0) is 11.7. The molecule has 0 spiro atoms. The molecule has 1 fully saturated rings. The van der Waals surface area contributed by atoms with Crippen LogP contribution in [0.3, 0.4) is 0 Å². The molecule has 2 aromatic carbocycles. The van der Waals surface area contributed by atoms with Crippen LogP contribution in [0, 0.1) is 0 Å². The van der Waals surface area contributed by atoms with Gasteiger partial charge in [0.15, 0.2) is 0 Å². The van der Waals surface area contributed by atoms with Crippen LogP contribution >= 0.6 is 0 Å². The van der Waals surface area contributed by atoms with Crippen LogP contribution in [-0.2, 0) is 4.74 Å². The van der Waals surface area contributed by atoms with Crippen molar-refractivity contribution in [1.82, 2.24) is 5.32 Å². The summed E-state index contributed by atoms with van der Waals surface area (Å²) in [5, 5.41) is 15.5. The fraction of sp³-hybridized carbons (Fsp3) is 0.286. The molecule has 0 aromatic heterocycles. The summed E-state index contributed by atoms with van der Waals surface area (Å²) in [6.07, 6.45) is -0.0603. The zero-order valence-corrected chi connectivity index (χ0v) is 9.52. The van der Waals surface area contributed by atoms with E-state index in [4.69, 9.17) is 4.74 Å². The van der Waals surface area contributed by atoms with Gasteiger partial charge in [0.1, 0.15) is 5.75 Å². The van der Waals surface area contributed by atoms with Gasteiger partial charge in [-0.3, -0.25) is 0 Å². The average molecular weight is 229 g/mol. The maximum Gasteiger partial charge on any atom is 0.122 e. The Balaban J connectivity index is 2.15. The van der Waals surface area contributed by atoms with E-state index in [0.717, 1.165) is 29.4 Å². The molecule has 1 aliphatic rings. The Morgan fingerprint density at radius 3 is 2.88 bits per heavy atom. The van der Waals surface area contributed by atoms with Gasteiger partial charge in [-0.15, -0.1) is 0 Å². The van der Waals surface area contributed by atoms with E-state index in [2.05, 4.69) is 11.4 Å². The molecule has 0 saturated carbocycles. The normalized spacial score (nSPS) is 20.6. The highest BCUT2D eigenvalue weighted by Gasteiger charge is 2.21. The molecular weight excluding hydrogens is 214 g/mol. The Hall–Kier alpha value is -1.58. The van der Waals surface area contributed by atoms with E-state index in [1.165, 1.54) is 0 Å². The number of fused-ring (bicyclic) bond motifs is 1. The molecule has 1 heterocycles. The van der Waals surface area contributed by atoms with Gasteiger partial charge in [-0.1, -0.05) is 30.3 Å². The number of benzene rings is 2. The highest BCUT2D eigenvalue weighted by Crippen LogP contribution is 2.34. The van der Waals surface area contributed by atoms with Gasteiger partial charge in [0.25, 0.3) is 0 Å². The third-order valence-electron chi connectivity index (χ3n) is 3.20. The molecule has 2 N–H and O–H groups in total. The first-order valence-corrected chi connectivity index (χ1v) is 5.89. The van der Waals surface area contributed by atoms with Gasteiger partial charge in [0.2, 0.25) is 0 Å². The van der Waals surface area contributed by atoms with E-state index in [0.29, 0.717) is 12.4 Å². The molecule has 1 aliphatic heterocycles. The van der Waals surface area contributed by atoms with Crippen molar-refractivity contribution < 1.29 is 9.84 Å². The van der Waals surface area contributed by atoms with Gasteiger partial charge >= 0.3 is 0 Å². The molecule has 1 unspecified atom stereocenters. The fourth-order valence-electron chi connectivity index (χ4n) is 2.37. The maximum atomic E-state index is 10.1. The largest absolute Gasteiger partial charge is 0.508 e. The highest BCUT2D eigenvalue weighted by molar-refractivity contribution is 5.88. The van der Waals surface area contributed by atoms with Crippen molar-refractivity contribution in [3.63, 3.8) is 0 Å².